The Kier molecular flexibility index (Phi) is 10.1. The summed E-state index contributed by atoms with van der Waals surface area (Å²) in [6.45, 7) is 13.9. The molecule has 30 heavy (non-hydrogen) atoms. The third-order valence-corrected chi connectivity index (χ3v) is 11.4. The molecule has 0 N–H and O–H groups in total. The molecule has 0 fully saturated rings. The lowest BCUT2D eigenvalue weighted by atomic mass is 10.1. The smallest absolute Gasteiger partial charge is 0.152 e. The molecule has 5 heteroatoms. The van der Waals surface area contributed by atoms with E-state index in [2.05, 4.69) is 80.9 Å². The molecular formula is C25H28N4Si. The van der Waals surface area contributed by atoms with Gasteiger partial charge in [0.25, 0.3) is 0 Å². The Bertz CT molecular complexity index is 999. The topological polar surface area (TPSA) is 73.4 Å². The van der Waals surface area contributed by atoms with Gasteiger partial charge in [-0.3, -0.25) is 4.98 Å². The van der Waals surface area contributed by atoms with Gasteiger partial charge in [-0.1, -0.05) is 53.5 Å². The van der Waals surface area contributed by atoms with E-state index in [4.69, 9.17) is 10.5 Å². The second kappa shape index (κ2) is 12.2. The number of aromatic nitrogens is 2. The van der Waals surface area contributed by atoms with Crippen molar-refractivity contribution in [2.24, 2.45) is 0 Å². The highest BCUT2D eigenvalue weighted by Gasteiger charge is 2.41. The first-order valence-corrected chi connectivity index (χ1v) is 12.2. The van der Waals surface area contributed by atoms with E-state index >= 15 is 0 Å². The van der Waals surface area contributed by atoms with E-state index in [1.807, 2.05) is 24.3 Å². The van der Waals surface area contributed by atoms with Gasteiger partial charge < -0.3 is 0 Å². The van der Waals surface area contributed by atoms with Crippen LogP contribution in [0.25, 0.3) is 0 Å². The van der Waals surface area contributed by atoms with Crippen LogP contribution in [0.4, 0.5) is 0 Å². The zero-order valence-electron chi connectivity index (χ0n) is 18.6. The Balaban J connectivity index is 0.000000375. The van der Waals surface area contributed by atoms with Crippen LogP contribution in [-0.4, -0.2) is 18.0 Å². The molecule has 0 spiro atoms. The van der Waals surface area contributed by atoms with E-state index in [-0.39, 0.29) is 0 Å². The summed E-state index contributed by atoms with van der Waals surface area (Å²) >= 11 is 0. The van der Waals surface area contributed by atoms with E-state index < -0.39 is 8.07 Å². The van der Waals surface area contributed by atoms with Gasteiger partial charge in [0.2, 0.25) is 0 Å². The maximum Gasteiger partial charge on any atom is 0.152 e. The van der Waals surface area contributed by atoms with E-state index in [9.17, 15) is 0 Å². The van der Waals surface area contributed by atoms with Gasteiger partial charge in [0.05, 0.1) is 17.8 Å². The Morgan fingerprint density at radius 1 is 0.867 bits per heavy atom. The molecule has 0 aliphatic heterocycles. The van der Waals surface area contributed by atoms with Crippen molar-refractivity contribution < 1.29 is 0 Å². The van der Waals surface area contributed by atoms with Crippen LogP contribution in [-0.2, 0) is 0 Å². The zero-order valence-corrected chi connectivity index (χ0v) is 19.6. The van der Waals surface area contributed by atoms with E-state index in [0.717, 1.165) is 5.56 Å². The third-order valence-electron chi connectivity index (χ3n) is 5.09. The summed E-state index contributed by atoms with van der Waals surface area (Å²) < 4.78 is 0. The quantitative estimate of drug-likeness (QED) is 0.494. The molecule has 1 aromatic heterocycles. The highest BCUT2D eigenvalue weighted by molar-refractivity contribution is 6.90. The number of nitriles is 2. The summed E-state index contributed by atoms with van der Waals surface area (Å²) in [5.74, 6) is 8.09. The van der Waals surface area contributed by atoms with Crippen molar-refractivity contribution in [2.75, 3.05) is 0 Å². The number of rotatable bonds is 3. The average molecular weight is 413 g/mol. The molecule has 0 saturated carbocycles. The first-order chi connectivity index (χ1) is 14.3. The fourth-order valence-electron chi connectivity index (χ4n) is 3.74. The van der Waals surface area contributed by atoms with Crippen LogP contribution in [0.3, 0.4) is 0 Å². The van der Waals surface area contributed by atoms with Gasteiger partial charge in [-0.25, -0.2) is 4.98 Å². The second-order valence-corrected chi connectivity index (χ2v) is 13.4. The summed E-state index contributed by atoms with van der Waals surface area (Å²) in [6, 6.07) is 11.5. The monoisotopic (exact) mass is 412 g/mol. The van der Waals surface area contributed by atoms with Crippen molar-refractivity contribution in [3.8, 4) is 35.4 Å². The molecule has 0 aliphatic carbocycles. The van der Waals surface area contributed by atoms with Crippen molar-refractivity contribution in [1.82, 2.24) is 9.97 Å². The highest BCUT2D eigenvalue weighted by Crippen LogP contribution is 2.40. The number of nitrogens with zero attached hydrogens (tertiary/aromatic N) is 4. The number of hydrogen-bond donors (Lipinski definition) is 0. The normalized spacial score (nSPS) is 9.97. The minimum Gasteiger partial charge on any atom is -0.260 e. The van der Waals surface area contributed by atoms with Crippen LogP contribution >= 0.6 is 0 Å². The van der Waals surface area contributed by atoms with Gasteiger partial charge in [0, 0.05) is 23.9 Å². The fraction of sp³-hybridized carbons (Fsp3) is 0.360. The molecule has 1 aromatic carbocycles. The molecule has 2 aromatic rings. The largest absolute Gasteiger partial charge is 0.260 e. The van der Waals surface area contributed by atoms with Gasteiger partial charge in [-0.15, -0.1) is 5.54 Å². The summed E-state index contributed by atoms with van der Waals surface area (Å²) in [5.41, 5.74) is 7.74. The Morgan fingerprint density at radius 2 is 1.50 bits per heavy atom. The predicted molar refractivity (Wildman–Crippen MR) is 124 cm³/mol. The van der Waals surface area contributed by atoms with Crippen molar-refractivity contribution in [2.45, 2.75) is 58.2 Å². The minimum absolute atomic E-state index is 0.518. The fourth-order valence-corrected chi connectivity index (χ4v) is 8.96. The van der Waals surface area contributed by atoms with Crippen molar-refractivity contribution in [1.29, 1.82) is 10.5 Å². The Hall–Kier alpha value is -3.38. The zero-order chi connectivity index (χ0) is 22.6. The average Bonchev–Trinajstić information content (AvgIpc) is 2.73. The van der Waals surface area contributed by atoms with Crippen LogP contribution in [0.5, 0.6) is 0 Å². The lowest BCUT2D eigenvalue weighted by molar-refractivity contribution is 0.838. The maximum absolute atomic E-state index is 8.97. The van der Waals surface area contributed by atoms with Gasteiger partial charge >= 0.3 is 0 Å². The molecule has 152 valence electrons. The third kappa shape index (κ3) is 6.90. The Labute approximate surface area is 182 Å². The highest BCUT2D eigenvalue weighted by atomic mass is 28.3. The predicted octanol–water partition coefficient (Wildman–Crippen LogP) is 5.48. The minimum atomic E-state index is -1.68. The van der Waals surface area contributed by atoms with Gasteiger partial charge in [-0.2, -0.15) is 10.5 Å². The first kappa shape index (κ1) is 24.7. The van der Waals surface area contributed by atoms with Crippen LogP contribution in [0.2, 0.25) is 16.6 Å². The summed E-state index contributed by atoms with van der Waals surface area (Å²) in [7, 11) is -1.68. The Morgan fingerprint density at radius 3 is 2.00 bits per heavy atom. The molecule has 2 rings (SSSR count). The first-order valence-electron chi connectivity index (χ1n) is 9.97. The SMILES string of the molecule is CC(C)[Si](C#Cc1cccc(C#N)c1)(C(C)C)C(C)C.N#CC#Cc1cnccn1. The van der Waals surface area contributed by atoms with E-state index in [0.29, 0.717) is 27.9 Å². The van der Waals surface area contributed by atoms with Crippen LogP contribution in [0.15, 0.2) is 42.9 Å². The summed E-state index contributed by atoms with van der Waals surface area (Å²) in [6.07, 6.45) is 4.59. The standard InChI is InChI=1S/C18H25NSi.C7H3N3/c1-14(2)20(15(3)4,16(5)6)11-10-17-8-7-9-18(12-17)13-19;8-3-1-2-7-6-9-4-5-10-7/h7-9,12,14-16H,1-6H3;4-6H. The van der Waals surface area contributed by atoms with Crippen molar-refractivity contribution in [3.05, 3.63) is 59.7 Å². The van der Waals surface area contributed by atoms with Crippen LogP contribution < -0.4 is 0 Å². The molecule has 0 atom stereocenters. The molecule has 0 amide bonds. The second-order valence-electron chi connectivity index (χ2n) is 7.79. The van der Waals surface area contributed by atoms with Gasteiger partial charge in [0.15, 0.2) is 6.07 Å². The van der Waals surface area contributed by atoms with E-state index in [1.54, 1.807) is 12.3 Å². The molecule has 0 radical (unpaired) electrons. The van der Waals surface area contributed by atoms with Gasteiger partial charge in [0.1, 0.15) is 13.8 Å². The molecule has 4 nitrogen and oxygen atoms in total. The summed E-state index contributed by atoms with van der Waals surface area (Å²) in [5, 5.41) is 17.0. The van der Waals surface area contributed by atoms with Crippen LogP contribution in [0, 0.1) is 46.0 Å². The number of benzene rings is 1. The molecular weight excluding hydrogens is 384 g/mol. The van der Waals surface area contributed by atoms with Crippen LogP contribution in [0.1, 0.15) is 58.4 Å². The molecule has 0 aliphatic rings. The summed E-state index contributed by atoms with van der Waals surface area (Å²) in [4.78, 5) is 7.59. The van der Waals surface area contributed by atoms with Crippen molar-refractivity contribution >= 4 is 8.07 Å². The maximum atomic E-state index is 8.97. The van der Waals surface area contributed by atoms with Crippen molar-refractivity contribution in [3.63, 3.8) is 0 Å². The lowest BCUT2D eigenvalue weighted by Gasteiger charge is -2.38. The molecule has 1 heterocycles. The molecule has 0 bridgehead atoms. The molecule has 0 unspecified atom stereocenters. The number of hydrogen-bond acceptors (Lipinski definition) is 4. The molecule has 0 saturated heterocycles. The van der Waals surface area contributed by atoms with Gasteiger partial charge in [-0.05, 0) is 40.7 Å². The lowest BCUT2D eigenvalue weighted by Crippen LogP contribution is -2.43. The van der Waals surface area contributed by atoms with E-state index in [1.165, 1.54) is 12.4 Å².